The van der Waals surface area contributed by atoms with Crippen molar-refractivity contribution in [1.82, 2.24) is 29.9 Å². The molecule has 23 heavy (non-hydrogen) atoms. The number of hydrogen-bond donors (Lipinski definition) is 1. The summed E-state index contributed by atoms with van der Waals surface area (Å²) in [6.07, 6.45) is 7.29. The van der Waals surface area contributed by atoms with Crippen LogP contribution in [0.2, 0.25) is 0 Å². The van der Waals surface area contributed by atoms with Crippen molar-refractivity contribution in [2.24, 2.45) is 7.05 Å². The Balaban J connectivity index is 1.54. The summed E-state index contributed by atoms with van der Waals surface area (Å²) in [5, 5.41) is 16.9. The van der Waals surface area contributed by atoms with Crippen LogP contribution in [0.1, 0.15) is 12.8 Å². The number of piperidine rings is 1. The highest BCUT2D eigenvalue weighted by molar-refractivity contribution is 5.86. The highest BCUT2D eigenvalue weighted by atomic mass is 15.3. The van der Waals surface area contributed by atoms with Gasteiger partial charge in [-0.1, -0.05) is 0 Å². The fraction of sp³-hybridized carbons (Fsp3) is 0.400. The molecule has 0 aliphatic carbocycles. The van der Waals surface area contributed by atoms with Gasteiger partial charge < -0.3 is 10.2 Å². The Morgan fingerprint density at radius 2 is 2.26 bits per heavy atom. The van der Waals surface area contributed by atoms with Crippen LogP contribution in [0.3, 0.4) is 0 Å². The largest absolute Gasteiger partial charge is 0.365 e. The molecular formula is C15H18N8. The SMILES string of the molecule is Cn1ncc2c(NC3CCCN(c4cccnn4)C3)ncnc21. The van der Waals surface area contributed by atoms with Crippen LogP contribution < -0.4 is 10.2 Å². The number of aryl methyl sites for hydroxylation is 1. The summed E-state index contributed by atoms with van der Waals surface area (Å²) >= 11 is 0. The fourth-order valence-electron chi connectivity index (χ4n) is 3.04. The topological polar surface area (TPSA) is 84.7 Å². The first kappa shape index (κ1) is 13.9. The van der Waals surface area contributed by atoms with Crippen molar-refractivity contribution in [2.75, 3.05) is 23.3 Å². The third-order valence-corrected chi connectivity index (χ3v) is 4.17. The molecular weight excluding hydrogens is 292 g/mol. The molecule has 4 rings (SSSR count). The van der Waals surface area contributed by atoms with E-state index in [1.807, 2.05) is 19.2 Å². The summed E-state index contributed by atoms with van der Waals surface area (Å²) in [6.45, 7) is 1.88. The molecule has 1 aliphatic rings. The molecule has 8 nitrogen and oxygen atoms in total. The monoisotopic (exact) mass is 310 g/mol. The van der Waals surface area contributed by atoms with E-state index in [4.69, 9.17) is 0 Å². The molecule has 118 valence electrons. The molecule has 1 fully saturated rings. The van der Waals surface area contributed by atoms with Gasteiger partial charge in [0, 0.05) is 32.4 Å². The third-order valence-electron chi connectivity index (χ3n) is 4.17. The lowest BCUT2D eigenvalue weighted by Gasteiger charge is -2.33. The van der Waals surface area contributed by atoms with Crippen molar-refractivity contribution in [3.05, 3.63) is 30.9 Å². The minimum Gasteiger partial charge on any atom is -0.365 e. The van der Waals surface area contributed by atoms with E-state index in [0.29, 0.717) is 6.04 Å². The molecule has 0 aromatic carbocycles. The fourth-order valence-corrected chi connectivity index (χ4v) is 3.04. The lowest BCUT2D eigenvalue weighted by atomic mass is 10.1. The van der Waals surface area contributed by atoms with E-state index in [2.05, 4.69) is 35.5 Å². The first-order valence-electron chi connectivity index (χ1n) is 7.73. The number of hydrogen-bond acceptors (Lipinski definition) is 7. The second kappa shape index (κ2) is 5.79. The first-order chi connectivity index (χ1) is 11.3. The standard InChI is InChI=1S/C15H18N8/c1-22-15-12(8-19-22)14(16-10-17-15)20-11-4-3-7-23(9-11)13-5-2-6-18-21-13/h2,5-6,8,10-11H,3-4,7,9H2,1H3,(H,16,17,20). The minimum absolute atomic E-state index is 0.309. The van der Waals surface area contributed by atoms with Gasteiger partial charge in [-0.3, -0.25) is 4.68 Å². The molecule has 0 bridgehead atoms. The van der Waals surface area contributed by atoms with Gasteiger partial charge in [0.1, 0.15) is 12.1 Å². The number of fused-ring (bicyclic) bond motifs is 1. The van der Waals surface area contributed by atoms with E-state index >= 15 is 0 Å². The van der Waals surface area contributed by atoms with Gasteiger partial charge in [0.15, 0.2) is 11.5 Å². The molecule has 3 aromatic heterocycles. The van der Waals surface area contributed by atoms with Crippen LogP contribution in [0.25, 0.3) is 11.0 Å². The van der Waals surface area contributed by atoms with Crippen molar-refractivity contribution >= 4 is 22.7 Å². The first-order valence-corrected chi connectivity index (χ1v) is 7.73. The number of nitrogens with zero attached hydrogens (tertiary/aromatic N) is 7. The van der Waals surface area contributed by atoms with E-state index in [9.17, 15) is 0 Å². The molecule has 1 unspecified atom stereocenters. The molecule has 0 radical (unpaired) electrons. The zero-order chi connectivity index (χ0) is 15.6. The summed E-state index contributed by atoms with van der Waals surface area (Å²) in [7, 11) is 1.88. The number of nitrogens with one attached hydrogen (secondary N) is 1. The van der Waals surface area contributed by atoms with E-state index in [1.54, 1.807) is 23.4 Å². The van der Waals surface area contributed by atoms with Gasteiger partial charge >= 0.3 is 0 Å². The van der Waals surface area contributed by atoms with E-state index in [1.165, 1.54) is 0 Å². The maximum Gasteiger partial charge on any atom is 0.163 e. The Morgan fingerprint density at radius 1 is 1.30 bits per heavy atom. The third kappa shape index (κ3) is 2.67. The summed E-state index contributed by atoms with van der Waals surface area (Å²) in [5.74, 6) is 1.77. The van der Waals surface area contributed by atoms with Crippen molar-refractivity contribution in [1.29, 1.82) is 0 Å². The average Bonchev–Trinajstić information content (AvgIpc) is 2.99. The van der Waals surface area contributed by atoms with Gasteiger partial charge in [0.05, 0.1) is 11.6 Å². The predicted molar refractivity (Wildman–Crippen MR) is 87.2 cm³/mol. The average molecular weight is 310 g/mol. The Morgan fingerprint density at radius 3 is 3.13 bits per heavy atom. The lowest BCUT2D eigenvalue weighted by Crippen LogP contribution is -2.42. The van der Waals surface area contributed by atoms with Gasteiger partial charge in [0.25, 0.3) is 0 Å². The molecule has 1 aliphatic heterocycles. The van der Waals surface area contributed by atoms with Crippen LogP contribution in [0, 0.1) is 0 Å². The van der Waals surface area contributed by atoms with Gasteiger partial charge in [0.2, 0.25) is 0 Å². The molecule has 1 saturated heterocycles. The van der Waals surface area contributed by atoms with E-state index in [-0.39, 0.29) is 0 Å². The molecule has 1 N–H and O–H groups in total. The summed E-state index contributed by atoms with van der Waals surface area (Å²) in [6, 6.07) is 4.23. The Hall–Kier alpha value is -2.77. The zero-order valence-electron chi connectivity index (χ0n) is 12.9. The summed E-state index contributed by atoms with van der Waals surface area (Å²) < 4.78 is 1.76. The van der Waals surface area contributed by atoms with Gasteiger partial charge in [-0.15, -0.1) is 5.10 Å². The molecule has 4 heterocycles. The highest BCUT2D eigenvalue weighted by Crippen LogP contribution is 2.23. The highest BCUT2D eigenvalue weighted by Gasteiger charge is 2.22. The minimum atomic E-state index is 0.309. The molecule has 3 aromatic rings. The van der Waals surface area contributed by atoms with Gasteiger partial charge in [-0.05, 0) is 25.0 Å². The van der Waals surface area contributed by atoms with Gasteiger partial charge in [-0.2, -0.15) is 10.2 Å². The van der Waals surface area contributed by atoms with Crippen molar-refractivity contribution in [3.8, 4) is 0 Å². The molecule has 8 heteroatoms. The van der Waals surface area contributed by atoms with Gasteiger partial charge in [-0.25, -0.2) is 9.97 Å². The van der Waals surface area contributed by atoms with Crippen LogP contribution in [0.15, 0.2) is 30.9 Å². The second-order valence-electron chi connectivity index (χ2n) is 5.74. The van der Waals surface area contributed by atoms with E-state index < -0.39 is 0 Å². The number of anilines is 2. The number of aromatic nitrogens is 6. The molecule has 0 amide bonds. The summed E-state index contributed by atoms with van der Waals surface area (Å²) in [5.41, 5.74) is 0.837. The summed E-state index contributed by atoms with van der Waals surface area (Å²) in [4.78, 5) is 10.9. The number of rotatable bonds is 3. The maximum absolute atomic E-state index is 4.39. The second-order valence-corrected chi connectivity index (χ2v) is 5.74. The van der Waals surface area contributed by atoms with Crippen molar-refractivity contribution in [2.45, 2.75) is 18.9 Å². The normalized spacial score (nSPS) is 18.3. The Labute approximate surface area is 133 Å². The quantitative estimate of drug-likeness (QED) is 0.779. The predicted octanol–water partition coefficient (Wildman–Crippen LogP) is 1.23. The smallest absolute Gasteiger partial charge is 0.163 e. The zero-order valence-corrected chi connectivity index (χ0v) is 12.9. The molecule has 0 spiro atoms. The maximum atomic E-state index is 4.39. The Bertz CT molecular complexity index is 800. The molecule has 1 atom stereocenters. The van der Waals surface area contributed by atoms with E-state index in [0.717, 1.165) is 48.6 Å². The van der Waals surface area contributed by atoms with Crippen LogP contribution in [0.4, 0.5) is 11.6 Å². The van der Waals surface area contributed by atoms with Crippen LogP contribution in [-0.4, -0.2) is 49.1 Å². The molecule has 0 saturated carbocycles. The lowest BCUT2D eigenvalue weighted by molar-refractivity contribution is 0.524. The Kier molecular flexibility index (Phi) is 3.49. The van der Waals surface area contributed by atoms with Crippen LogP contribution in [-0.2, 0) is 7.05 Å². The van der Waals surface area contributed by atoms with Crippen LogP contribution in [0.5, 0.6) is 0 Å². The van der Waals surface area contributed by atoms with Crippen LogP contribution >= 0.6 is 0 Å². The van der Waals surface area contributed by atoms with Crippen molar-refractivity contribution in [3.63, 3.8) is 0 Å². The van der Waals surface area contributed by atoms with Crippen molar-refractivity contribution < 1.29 is 0 Å².